The first-order valence-corrected chi connectivity index (χ1v) is 8.64. The Morgan fingerprint density at radius 3 is 1.46 bits per heavy atom. The fourth-order valence-corrected chi connectivity index (χ4v) is 2.82. The summed E-state index contributed by atoms with van der Waals surface area (Å²) in [5.74, 6) is 0. The molecule has 0 fully saturated rings. The van der Waals surface area contributed by atoms with Gasteiger partial charge in [0.15, 0.2) is 0 Å². The van der Waals surface area contributed by atoms with E-state index in [1.54, 1.807) is 12.4 Å². The average Bonchev–Trinajstić information content (AvgIpc) is 2.65. The van der Waals surface area contributed by atoms with E-state index in [0.29, 0.717) is 0 Å². The molecule has 0 saturated carbocycles. The number of aromatic nitrogens is 4. The number of hydrogen-bond acceptors (Lipinski definition) is 6. The number of pyridine rings is 2. The van der Waals surface area contributed by atoms with Gasteiger partial charge in [0, 0.05) is 51.0 Å². The van der Waals surface area contributed by atoms with Gasteiger partial charge in [-0.2, -0.15) is 0 Å². The van der Waals surface area contributed by atoms with Gasteiger partial charge in [0.2, 0.25) is 0 Å². The maximum atomic E-state index is 4.56. The fraction of sp³-hybridized carbons (Fsp3) is 0.300. The molecule has 3 aromatic rings. The van der Waals surface area contributed by atoms with E-state index >= 15 is 0 Å². The Bertz CT molecular complexity index is 708. The highest BCUT2D eigenvalue weighted by Crippen LogP contribution is 2.07. The summed E-state index contributed by atoms with van der Waals surface area (Å²) in [6.07, 6.45) is 11.1. The molecule has 0 unspecified atom stereocenters. The Kier molecular flexibility index (Phi) is 6.35. The van der Waals surface area contributed by atoms with E-state index in [0.717, 1.165) is 37.6 Å². The number of nitrogens with zero attached hydrogens (tertiary/aromatic N) is 6. The molecule has 3 rings (SSSR count). The van der Waals surface area contributed by atoms with Crippen LogP contribution in [0.4, 0.5) is 0 Å². The predicted molar refractivity (Wildman–Crippen MR) is 101 cm³/mol. The highest BCUT2D eigenvalue weighted by molar-refractivity contribution is 5.10. The lowest BCUT2D eigenvalue weighted by Gasteiger charge is -2.17. The summed E-state index contributed by atoms with van der Waals surface area (Å²) in [5.41, 5.74) is 4.32. The molecule has 3 heterocycles. The van der Waals surface area contributed by atoms with E-state index in [4.69, 9.17) is 0 Å². The van der Waals surface area contributed by atoms with Crippen molar-refractivity contribution >= 4 is 0 Å². The molecule has 0 radical (unpaired) electrons. The van der Waals surface area contributed by atoms with Gasteiger partial charge < -0.3 is 0 Å². The second-order valence-electron chi connectivity index (χ2n) is 6.57. The van der Waals surface area contributed by atoms with Crippen molar-refractivity contribution in [3.8, 4) is 0 Å². The lowest BCUT2D eigenvalue weighted by molar-refractivity contribution is 0.309. The van der Waals surface area contributed by atoms with Gasteiger partial charge in [-0.1, -0.05) is 12.1 Å². The Balaban J connectivity index is 1.50. The molecule has 6 nitrogen and oxygen atoms in total. The third-order valence-electron chi connectivity index (χ3n) is 3.97. The summed E-state index contributed by atoms with van der Waals surface area (Å²) in [6, 6.07) is 8.08. The van der Waals surface area contributed by atoms with Crippen LogP contribution < -0.4 is 0 Å². The van der Waals surface area contributed by atoms with Crippen molar-refractivity contribution in [3.05, 3.63) is 84.0 Å². The molecular formula is C20H24N6. The lowest BCUT2D eigenvalue weighted by atomic mass is 10.2. The molecule has 6 heteroatoms. The van der Waals surface area contributed by atoms with Crippen LogP contribution in [0.3, 0.4) is 0 Å². The van der Waals surface area contributed by atoms with Gasteiger partial charge in [0.1, 0.15) is 0 Å². The molecule has 134 valence electrons. The zero-order chi connectivity index (χ0) is 18.2. The van der Waals surface area contributed by atoms with Gasteiger partial charge in [-0.15, -0.1) is 0 Å². The van der Waals surface area contributed by atoms with Crippen LogP contribution >= 0.6 is 0 Å². The minimum Gasteiger partial charge on any atom is -0.296 e. The fourth-order valence-electron chi connectivity index (χ4n) is 2.82. The summed E-state index contributed by atoms with van der Waals surface area (Å²) in [4.78, 5) is 21.8. The van der Waals surface area contributed by atoms with Crippen molar-refractivity contribution < 1.29 is 0 Å². The Labute approximate surface area is 154 Å². The summed E-state index contributed by atoms with van der Waals surface area (Å²) >= 11 is 0. The van der Waals surface area contributed by atoms with Crippen molar-refractivity contribution in [3.63, 3.8) is 0 Å². The van der Waals surface area contributed by atoms with Crippen molar-refractivity contribution in [2.45, 2.75) is 26.2 Å². The topological polar surface area (TPSA) is 58.0 Å². The SMILES string of the molecule is CN(Cc1cccnc1)Cc1cnc(CN(C)Cc2cccnc2)cn1. The maximum absolute atomic E-state index is 4.56. The minimum absolute atomic E-state index is 0.758. The van der Waals surface area contributed by atoms with E-state index in [1.165, 1.54) is 11.1 Å². The van der Waals surface area contributed by atoms with Crippen LogP contribution in [0.1, 0.15) is 22.5 Å². The van der Waals surface area contributed by atoms with Gasteiger partial charge in [-0.3, -0.25) is 29.7 Å². The van der Waals surface area contributed by atoms with Crippen molar-refractivity contribution in [2.24, 2.45) is 0 Å². The van der Waals surface area contributed by atoms with Crippen LogP contribution in [-0.2, 0) is 26.2 Å². The standard InChI is InChI=1S/C20H24N6/c1-25(13-17-5-3-7-21-9-17)15-19-11-24-20(12-23-19)16-26(2)14-18-6-4-8-22-10-18/h3-12H,13-16H2,1-2H3. The molecule has 0 aliphatic heterocycles. The maximum Gasteiger partial charge on any atom is 0.0727 e. The van der Waals surface area contributed by atoms with Gasteiger partial charge >= 0.3 is 0 Å². The molecule has 0 atom stereocenters. The molecule has 0 aliphatic rings. The molecule has 3 aromatic heterocycles. The summed E-state index contributed by atoms with van der Waals surface area (Å²) < 4.78 is 0. The molecule has 0 N–H and O–H groups in total. The molecule has 0 bridgehead atoms. The number of rotatable bonds is 8. The molecule has 0 aromatic carbocycles. The molecule has 0 amide bonds. The van der Waals surface area contributed by atoms with Crippen LogP contribution in [0, 0.1) is 0 Å². The van der Waals surface area contributed by atoms with E-state index < -0.39 is 0 Å². The highest BCUT2D eigenvalue weighted by Gasteiger charge is 2.06. The molecule has 0 aliphatic carbocycles. The highest BCUT2D eigenvalue weighted by atomic mass is 15.1. The molecular weight excluding hydrogens is 324 g/mol. The zero-order valence-electron chi connectivity index (χ0n) is 15.3. The second kappa shape index (κ2) is 9.12. The van der Waals surface area contributed by atoms with Crippen LogP contribution in [0.2, 0.25) is 0 Å². The van der Waals surface area contributed by atoms with Gasteiger partial charge in [0.05, 0.1) is 23.8 Å². The van der Waals surface area contributed by atoms with E-state index in [2.05, 4.69) is 56.0 Å². The van der Waals surface area contributed by atoms with Crippen LogP contribution in [0.5, 0.6) is 0 Å². The second-order valence-corrected chi connectivity index (χ2v) is 6.57. The first-order chi connectivity index (χ1) is 12.7. The Morgan fingerprint density at radius 2 is 1.12 bits per heavy atom. The smallest absolute Gasteiger partial charge is 0.0727 e. The summed E-state index contributed by atoms with van der Waals surface area (Å²) in [7, 11) is 4.15. The average molecular weight is 348 g/mol. The van der Waals surface area contributed by atoms with Gasteiger partial charge in [-0.25, -0.2) is 0 Å². The van der Waals surface area contributed by atoms with E-state index in [-0.39, 0.29) is 0 Å². The van der Waals surface area contributed by atoms with Crippen LogP contribution in [0.15, 0.2) is 61.4 Å². The van der Waals surface area contributed by atoms with Crippen LogP contribution in [0.25, 0.3) is 0 Å². The van der Waals surface area contributed by atoms with Crippen LogP contribution in [-0.4, -0.2) is 43.8 Å². The Hall–Kier alpha value is -2.70. The third-order valence-corrected chi connectivity index (χ3v) is 3.97. The minimum atomic E-state index is 0.758. The largest absolute Gasteiger partial charge is 0.296 e. The first-order valence-electron chi connectivity index (χ1n) is 8.64. The predicted octanol–water partition coefficient (Wildman–Crippen LogP) is 2.53. The molecule has 26 heavy (non-hydrogen) atoms. The van der Waals surface area contributed by atoms with Crippen molar-refractivity contribution in [1.82, 2.24) is 29.7 Å². The summed E-state index contributed by atoms with van der Waals surface area (Å²) in [5, 5.41) is 0. The first kappa shape index (κ1) is 18.1. The Morgan fingerprint density at radius 1 is 0.654 bits per heavy atom. The van der Waals surface area contributed by atoms with Crippen molar-refractivity contribution in [2.75, 3.05) is 14.1 Å². The zero-order valence-corrected chi connectivity index (χ0v) is 15.3. The monoisotopic (exact) mass is 348 g/mol. The van der Waals surface area contributed by atoms with E-state index in [9.17, 15) is 0 Å². The van der Waals surface area contributed by atoms with Gasteiger partial charge in [-0.05, 0) is 37.4 Å². The number of hydrogen-bond donors (Lipinski definition) is 0. The molecule has 0 spiro atoms. The summed E-state index contributed by atoms with van der Waals surface area (Å²) in [6.45, 7) is 3.19. The third kappa shape index (κ3) is 5.68. The lowest BCUT2D eigenvalue weighted by Crippen LogP contribution is -2.20. The van der Waals surface area contributed by atoms with Crippen molar-refractivity contribution in [1.29, 1.82) is 0 Å². The van der Waals surface area contributed by atoms with E-state index in [1.807, 2.05) is 36.9 Å². The van der Waals surface area contributed by atoms with Gasteiger partial charge in [0.25, 0.3) is 0 Å². The quantitative estimate of drug-likeness (QED) is 0.623. The normalized spacial score (nSPS) is 11.2. The molecule has 0 saturated heterocycles.